The number of carbonyl (C=O) groups is 1. The SMILES string of the molecule is COc1cccc(/C=C/C(=O)c2ccc3c(c2)OCO3)c1OCc1ccc(Cl)c(Cl)c1. The normalized spacial score (nSPS) is 12.2. The highest BCUT2D eigenvalue weighted by molar-refractivity contribution is 6.42. The molecule has 0 saturated carbocycles. The van der Waals surface area contributed by atoms with E-state index in [0.29, 0.717) is 44.2 Å². The molecule has 0 fully saturated rings. The van der Waals surface area contributed by atoms with E-state index in [1.807, 2.05) is 18.2 Å². The molecule has 5 nitrogen and oxygen atoms in total. The Kier molecular flexibility index (Phi) is 6.35. The van der Waals surface area contributed by atoms with Crippen molar-refractivity contribution in [1.82, 2.24) is 0 Å². The van der Waals surface area contributed by atoms with Gasteiger partial charge in [-0.05, 0) is 54.1 Å². The number of ether oxygens (including phenoxy) is 4. The molecule has 3 aromatic carbocycles. The van der Waals surface area contributed by atoms with Crippen LogP contribution >= 0.6 is 23.2 Å². The van der Waals surface area contributed by atoms with Crippen molar-refractivity contribution >= 4 is 35.1 Å². The molecule has 1 aliphatic rings. The Labute approximate surface area is 189 Å². The van der Waals surface area contributed by atoms with Crippen molar-refractivity contribution in [3.05, 3.63) is 87.4 Å². The first kappa shape index (κ1) is 21.1. The number of ketones is 1. The number of methoxy groups -OCH3 is 1. The van der Waals surface area contributed by atoms with Crippen molar-refractivity contribution in [3.8, 4) is 23.0 Å². The third kappa shape index (κ3) is 4.79. The van der Waals surface area contributed by atoms with Crippen molar-refractivity contribution in [2.75, 3.05) is 13.9 Å². The summed E-state index contributed by atoms with van der Waals surface area (Å²) in [4.78, 5) is 12.6. The van der Waals surface area contributed by atoms with Crippen LogP contribution in [0.1, 0.15) is 21.5 Å². The molecule has 0 atom stereocenters. The number of hydrogen-bond acceptors (Lipinski definition) is 5. The molecule has 0 amide bonds. The number of carbonyl (C=O) groups excluding carboxylic acids is 1. The van der Waals surface area contributed by atoms with Gasteiger partial charge in [-0.25, -0.2) is 0 Å². The fourth-order valence-corrected chi connectivity index (χ4v) is 3.40. The van der Waals surface area contributed by atoms with Crippen molar-refractivity contribution in [3.63, 3.8) is 0 Å². The maximum Gasteiger partial charge on any atom is 0.231 e. The van der Waals surface area contributed by atoms with Gasteiger partial charge >= 0.3 is 0 Å². The van der Waals surface area contributed by atoms with Crippen LogP contribution in [-0.4, -0.2) is 19.7 Å². The number of allylic oxidation sites excluding steroid dienone is 1. The molecule has 1 heterocycles. The first-order valence-corrected chi connectivity index (χ1v) is 10.2. The molecule has 0 saturated heterocycles. The van der Waals surface area contributed by atoms with Crippen LogP contribution in [0.15, 0.2) is 60.7 Å². The Hall–Kier alpha value is -3.15. The first-order chi connectivity index (χ1) is 15.0. The summed E-state index contributed by atoms with van der Waals surface area (Å²) in [6, 6.07) is 15.9. The highest BCUT2D eigenvalue weighted by Gasteiger charge is 2.15. The number of hydrogen-bond donors (Lipinski definition) is 0. The first-order valence-electron chi connectivity index (χ1n) is 9.41. The smallest absolute Gasteiger partial charge is 0.231 e. The van der Waals surface area contributed by atoms with Crippen LogP contribution in [-0.2, 0) is 6.61 Å². The minimum atomic E-state index is -0.170. The maximum absolute atomic E-state index is 12.6. The van der Waals surface area contributed by atoms with E-state index in [1.165, 1.54) is 6.08 Å². The van der Waals surface area contributed by atoms with Gasteiger partial charge in [0.1, 0.15) is 6.61 Å². The zero-order valence-electron chi connectivity index (χ0n) is 16.6. The topological polar surface area (TPSA) is 54.0 Å². The monoisotopic (exact) mass is 456 g/mol. The predicted octanol–water partition coefficient (Wildman–Crippen LogP) is 6.21. The summed E-state index contributed by atoms with van der Waals surface area (Å²) in [5, 5.41) is 0.936. The van der Waals surface area contributed by atoms with Gasteiger partial charge in [0.05, 0.1) is 17.2 Å². The summed E-state index contributed by atoms with van der Waals surface area (Å²) in [7, 11) is 1.56. The van der Waals surface area contributed by atoms with Crippen LogP contribution in [0, 0.1) is 0 Å². The zero-order chi connectivity index (χ0) is 21.8. The molecule has 0 bridgehead atoms. The number of para-hydroxylation sites is 1. The second-order valence-corrected chi connectivity index (χ2v) is 7.50. The fraction of sp³-hybridized carbons (Fsp3) is 0.125. The maximum atomic E-state index is 12.6. The minimum absolute atomic E-state index is 0.159. The lowest BCUT2D eigenvalue weighted by Gasteiger charge is -2.14. The Morgan fingerprint density at radius 2 is 1.87 bits per heavy atom. The second-order valence-electron chi connectivity index (χ2n) is 6.68. The predicted molar refractivity (Wildman–Crippen MR) is 120 cm³/mol. The van der Waals surface area contributed by atoms with E-state index >= 15 is 0 Å². The highest BCUT2D eigenvalue weighted by atomic mass is 35.5. The molecule has 7 heteroatoms. The fourth-order valence-electron chi connectivity index (χ4n) is 3.08. The molecular formula is C24H18Cl2O5. The Morgan fingerprint density at radius 1 is 1.03 bits per heavy atom. The summed E-state index contributed by atoms with van der Waals surface area (Å²) in [6.07, 6.45) is 3.18. The molecule has 0 unspecified atom stereocenters. The van der Waals surface area contributed by atoms with E-state index in [2.05, 4.69) is 0 Å². The van der Waals surface area contributed by atoms with Crippen molar-refractivity contribution in [1.29, 1.82) is 0 Å². The molecule has 158 valence electrons. The second kappa shape index (κ2) is 9.33. The third-order valence-electron chi connectivity index (χ3n) is 4.67. The van der Waals surface area contributed by atoms with Crippen LogP contribution < -0.4 is 18.9 Å². The van der Waals surface area contributed by atoms with E-state index < -0.39 is 0 Å². The van der Waals surface area contributed by atoms with Crippen LogP contribution in [0.2, 0.25) is 10.0 Å². The summed E-state index contributed by atoms with van der Waals surface area (Å²) in [5.74, 6) is 2.10. The molecule has 0 spiro atoms. The molecule has 0 aliphatic carbocycles. The summed E-state index contributed by atoms with van der Waals surface area (Å²) >= 11 is 12.1. The molecule has 1 aliphatic heterocycles. The molecule has 0 radical (unpaired) electrons. The third-order valence-corrected chi connectivity index (χ3v) is 5.41. The Morgan fingerprint density at radius 3 is 2.68 bits per heavy atom. The van der Waals surface area contributed by atoms with Crippen molar-refractivity contribution in [2.24, 2.45) is 0 Å². The van der Waals surface area contributed by atoms with Gasteiger partial charge in [-0.15, -0.1) is 0 Å². The van der Waals surface area contributed by atoms with Crippen LogP contribution in [0.4, 0.5) is 0 Å². The minimum Gasteiger partial charge on any atom is -0.493 e. The average molecular weight is 457 g/mol. The Bertz CT molecular complexity index is 1160. The van der Waals surface area contributed by atoms with Gasteiger partial charge < -0.3 is 18.9 Å². The summed E-state index contributed by atoms with van der Waals surface area (Å²) < 4.78 is 22.1. The van der Waals surface area contributed by atoms with Crippen LogP contribution in [0.5, 0.6) is 23.0 Å². The average Bonchev–Trinajstić information content (AvgIpc) is 3.26. The van der Waals surface area contributed by atoms with E-state index in [-0.39, 0.29) is 19.2 Å². The molecule has 31 heavy (non-hydrogen) atoms. The summed E-state index contributed by atoms with van der Waals surface area (Å²) in [6.45, 7) is 0.417. The Balaban J connectivity index is 1.55. The number of fused-ring (bicyclic) bond motifs is 1. The lowest BCUT2D eigenvalue weighted by molar-refractivity contribution is 0.104. The molecule has 3 aromatic rings. The molecule has 0 N–H and O–H groups in total. The zero-order valence-corrected chi connectivity index (χ0v) is 18.1. The van der Waals surface area contributed by atoms with E-state index in [0.717, 1.165) is 5.56 Å². The van der Waals surface area contributed by atoms with Gasteiger partial charge in [-0.2, -0.15) is 0 Å². The highest BCUT2D eigenvalue weighted by Crippen LogP contribution is 2.34. The lowest BCUT2D eigenvalue weighted by atomic mass is 10.1. The van der Waals surface area contributed by atoms with Gasteiger partial charge in [-0.1, -0.05) is 41.4 Å². The van der Waals surface area contributed by atoms with Crippen molar-refractivity contribution in [2.45, 2.75) is 6.61 Å². The van der Waals surface area contributed by atoms with Gasteiger partial charge in [0, 0.05) is 11.1 Å². The standard InChI is InChI=1S/C24H18Cl2O5/c1-28-22-4-2-3-16(24(22)29-13-15-5-8-18(25)19(26)11-15)6-9-20(27)17-7-10-21-23(12-17)31-14-30-21/h2-12H,13-14H2,1H3/b9-6+. The van der Waals surface area contributed by atoms with Crippen LogP contribution in [0.25, 0.3) is 6.08 Å². The van der Waals surface area contributed by atoms with E-state index in [9.17, 15) is 4.79 Å². The number of benzene rings is 3. The van der Waals surface area contributed by atoms with Gasteiger partial charge in [0.2, 0.25) is 6.79 Å². The van der Waals surface area contributed by atoms with E-state index in [1.54, 1.807) is 49.6 Å². The van der Waals surface area contributed by atoms with Gasteiger partial charge in [0.25, 0.3) is 0 Å². The largest absolute Gasteiger partial charge is 0.493 e. The molecular weight excluding hydrogens is 439 g/mol. The van der Waals surface area contributed by atoms with E-state index in [4.69, 9.17) is 42.1 Å². The molecule has 4 rings (SSSR count). The van der Waals surface area contributed by atoms with Gasteiger partial charge in [0.15, 0.2) is 28.8 Å². The summed E-state index contributed by atoms with van der Waals surface area (Å²) in [5.41, 5.74) is 2.06. The number of halogens is 2. The quantitative estimate of drug-likeness (QED) is 0.312. The van der Waals surface area contributed by atoms with Crippen molar-refractivity contribution < 1.29 is 23.7 Å². The van der Waals surface area contributed by atoms with Gasteiger partial charge in [-0.3, -0.25) is 4.79 Å². The lowest BCUT2D eigenvalue weighted by Crippen LogP contribution is -2.00. The number of rotatable bonds is 7. The van der Waals surface area contributed by atoms with Crippen LogP contribution in [0.3, 0.4) is 0 Å². The molecule has 0 aromatic heterocycles.